The smallest absolute Gasteiger partial charge is 0.266 e. The van der Waals surface area contributed by atoms with Gasteiger partial charge in [0.15, 0.2) is 5.13 Å². The molecule has 2 atom stereocenters. The van der Waals surface area contributed by atoms with E-state index in [4.69, 9.17) is 11.6 Å². The molecular formula is C20H27ClFN5O2S2. The van der Waals surface area contributed by atoms with Crippen LogP contribution in [0.3, 0.4) is 0 Å². The van der Waals surface area contributed by atoms with E-state index in [9.17, 15) is 12.8 Å². The van der Waals surface area contributed by atoms with Crippen molar-refractivity contribution in [1.82, 2.24) is 15.2 Å². The molecular weight excluding hydrogens is 461 g/mol. The van der Waals surface area contributed by atoms with Gasteiger partial charge in [0.25, 0.3) is 10.0 Å². The molecule has 31 heavy (non-hydrogen) atoms. The van der Waals surface area contributed by atoms with Crippen molar-refractivity contribution < 1.29 is 12.8 Å². The van der Waals surface area contributed by atoms with Crippen molar-refractivity contribution in [3.05, 3.63) is 34.5 Å². The average molecular weight is 488 g/mol. The van der Waals surface area contributed by atoms with Crippen molar-refractivity contribution in [3.8, 4) is 0 Å². The van der Waals surface area contributed by atoms with Gasteiger partial charge in [0.05, 0.1) is 10.7 Å². The van der Waals surface area contributed by atoms with E-state index >= 15 is 0 Å². The fourth-order valence-electron chi connectivity index (χ4n) is 4.22. The first-order chi connectivity index (χ1) is 14.9. The number of anilines is 2. The summed E-state index contributed by atoms with van der Waals surface area (Å²) in [4.78, 5) is 5.89. The van der Waals surface area contributed by atoms with E-state index in [1.165, 1.54) is 25.5 Å². The van der Waals surface area contributed by atoms with Gasteiger partial charge in [0.2, 0.25) is 0 Å². The molecule has 1 aromatic heterocycles. The van der Waals surface area contributed by atoms with Crippen LogP contribution in [-0.2, 0) is 10.0 Å². The Labute approximate surface area is 191 Å². The van der Waals surface area contributed by atoms with Gasteiger partial charge >= 0.3 is 0 Å². The zero-order chi connectivity index (χ0) is 21.8. The fourth-order valence-corrected chi connectivity index (χ4v) is 6.39. The molecule has 0 amide bonds. The molecule has 3 heterocycles. The fraction of sp³-hybridized carbons (Fsp3) is 0.550. The second-order valence-electron chi connectivity index (χ2n) is 8.07. The van der Waals surface area contributed by atoms with E-state index < -0.39 is 20.7 Å². The van der Waals surface area contributed by atoms with Crippen molar-refractivity contribution in [2.75, 3.05) is 36.2 Å². The Morgan fingerprint density at radius 2 is 2.10 bits per heavy atom. The predicted octanol–water partition coefficient (Wildman–Crippen LogP) is 3.75. The van der Waals surface area contributed by atoms with Crippen molar-refractivity contribution in [2.24, 2.45) is 0 Å². The summed E-state index contributed by atoms with van der Waals surface area (Å²) in [6.07, 6.45) is 7.22. The van der Waals surface area contributed by atoms with E-state index in [2.05, 4.69) is 25.2 Å². The highest BCUT2D eigenvalue weighted by atomic mass is 35.5. The van der Waals surface area contributed by atoms with E-state index in [1.54, 1.807) is 5.38 Å². The maximum Gasteiger partial charge on any atom is 0.266 e. The number of halogens is 2. The third kappa shape index (κ3) is 5.87. The molecule has 1 aromatic carbocycles. The van der Waals surface area contributed by atoms with Gasteiger partial charge in [-0.25, -0.2) is 17.8 Å². The van der Waals surface area contributed by atoms with Crippen molar-refractivity contribution >= 4 is 43.8 Å². The number of likely N-dealkylation sites (tertiary alicyclic amines) is 1. The number of sulfonamides is 1. The third-order valence-electron chi connectivity index (χ3n) is 5.79. The van der Waals surface area contributed by atoms with Crippen molar-refractivity contribution in [3.63, 3.8) is 0 Å². The summed E-state index contributed by atoms with van der Waals surface area (Å²) >= 11 is 7.34. The van der Waals surface area contributed by atoms with E-state index in [1.807, 2.05) is 0 Å². The Balaban J connectivity index is 1.27. The monoisotopic (exact) mass is 487 g/mol. The van der Waals surface area contributed by atoms with Gasteiger partial charge in [-0.05, 0) is 57.3 Å². The molecule has 2 bridgehead atoms. The van der Waals surface area contributed by atoms with Gasteiger partial charge < -0.3 is 15.5 Å². The maximum atomic E-state index is 14.5. The Kier molecular flexibility index (Phi) is 7.33. The molecule has 0 aliphatic carbocycles. The van der Waals surface area contributed by atoms with Crippen LogP contribution in [0.4, 0.5) is 15.2 Å². The molecule has 0 saturated carbocycles. The predicted molar refractivity (Wildman–Crippen MR) is 123 cm³/mol. The number of rotatable bonds is 9. The Bertz CT molecular complexity index is 990. The summed E-state index contributed by atoms with van der Waals surface area (Å²) in [6, 6.07) is 3.59. The van der Waals surface area contributed by atoms with Crippen LogP contribution in [0.15, 0.2) is 28.6 Å². The van der Waals surface area contributed by atoms with E-state index in [0.717, 1.165) is 55.9 Å². The SMILES string of the molecule is O=S(=O)(Nc1nccs1)c1cc(Cl)c(NCCCCN2CCC3CCC(C2)N3)cc1F. The van der Waals surface area contributed by atoms with Crippen LogP contribution in [0, 0.1) is 5.82 Å². The van der Waals surface area contributed by atoms with Crippen LogP contribution in [0.1, 0.15) is 32.1 Å². The summed E-state index contributed by atoms with van der Waals surface area (Å²) in [5.41, 5.74) is 0.392. The number of nitrogens with one attached hydrogen (secondary N) is 3. The van der Waals surface area contributed by atoms with Crippen LogP contribution >= 0.6 is 22.9 Å². The zero-order valence-electron chi connectivity index (χ0n) is 17.1. The standard InChI is InChI=1S/C20H27ClFN5O2S2/c21-16-11-19(31(28,29)26-20-24-7-10-30-20)17(22)12-18(16)23-6-1-2-8-27-9-5-14-3-4-15(13-27)25-14/h7,10-12,14-15,23,25H,1-6,8-9,13H2,(H,24,26). The van der Waals surface area contributed by atoms with Gasteiger partial charge in [0.1, 0.15) is 10.7 Å². The first-order valence-electron chi connectivity index (χ1n) is 10.5. The normalized spacial score (nSPS) is 21.7. The van der Waals surface area contributed by atoms with Gasteiger partial charge in [0, 0.05) is 36.8 Å². The number of thiazole rings is 1. The molecule has 2 fully saturated rings. The molecule has 2 saturated heterocycles. The Hall–Kier alpha value is -1.46. The average Bonchev–Trinajstić information content (AvgIpc) is 3.33. The highest BCUT2D eigenvalue weighted by Gasteiger charge is 2.28. The molecule has 2 aliphatic heterocycles. The van der Waals surface area contributed by atoms with Gasteiger partial charge in [-0.15, -0.1) is 11.3 Å². The Morgan fingerprint density at radius 1 is 1.26 bits per heavy atom. The van der Waals surface area contributed by atoms with Crippen LogP contribution < -0.4 is 15.4 Å². The quantitative estimate of drug-likeness (QED) is 0.467. The first kappa shape index (κ1) is 22.7. The van der Waals surface area contributed by atoms with E-state index in [-0.39, 0.29) is 10.2 Å². The molecule has 4 rings (SSSR count). The van der Waals surface area contributed by atoms with E-state index in [0.29, 0.717) is 24.3 Å². The van der Waals surface area contributed by atoms with Crippen LogP contribution in [0.2, 0.25) is 5.02 Å². The lowest BCUT2D eigenvalue weighted by atomic mass is 10.1. The first-order valence-corrected chi connectivity index (χ1v) is 13.3. The summed E-state index contributed by atoms with van der Waals surface area (Å²) in [7, 11) is -4.10. The third-order valence-corrected chi connectivity index (χ3v) is 8.27. The second kappa shape index (κ2) is 9.99. The minimum absolute atomic E-state index is 0.163. The summed E-state index contributed by atoms with van der Waals surface area (Å²) in [6.45, 7) is 3.95. The number of benzene rings is 1. The summed E-state index contributed by atoms with van der Waals surface area (Å²) < 4.78 is 41.7. The zero-order valence-corrected chi connectivity index (χ0v) is 19.5. The molecule has 2 aliphatic rings. The molecule has 2 unspecified atom stereocenters. The summed E-state index contributed by atoms with van der Waals surface area (Å²) in [5.74, 6) is -0.858. The summed E-state index contributed by atoms with van der Waals surface area (Å²) in [5, 5.41) is 8.78. The molecule has 11 heteroatoms. The molecule has 170 valence electrons. The van der Waals surface area contributed by atoms with Crippen LogP contribution in [-0.4, -0.2) is 56.6 Å². The largest absolute Gasteiger partial charge is 0.384 e. The maximum absolute atomic E-state index is 14.5. The lowest BCUT2D eigenvalue weighted by Crippen LogP contribution is -2.35. The molecule has 3 N–H and O–H groups in total. The van der Waals surface area contributed by atoms with Gasteiger partial charge in [-0.2, -0.15) is 0 Å². The lowest BCUT2D eigenvalue weighted by molar-refractivity contribution is 0.255. The highest BCUT2D eigenvalue weighted by Crippen LogP contribution is 2.29. The highest BCUT2D eigenvalue weighted by molar-refractivity contribution is 7.93. The minimum atomic E-state index is -4.10. The number of hydrogen-bond donors (Lipinski definition) is 3. The van der Waals surface area contributed by atoms with Gasteiger partial charge in [-0.1, -0.05) is 11.6 Å². The topological polar surface area (TPSA) is 86.4 Å². The van der Waals surface area contributed by atoms with Crippen molar-refractivity contribution in [2.45, 2.75) is 49.1 Å². The number of aromatic nitrogens is 1. The molecule has 0 radical (unpaired) electrons. The number of hydrogen-bond acceptors (Lipinski definition) is 7. The number of nitrogens with zero attached hydrogens (tertiary/aromatic N) is 2. The minimum Gasteiger partial charge on any atom is -0.384 e. The van der Waals surface area contributed by atoms with Gasteiger partial charge in [-0.3, -0.25) is 4.72 Å². The van der Waals surface area contributed by atoms with Crippen molar-refractivity contribution in [1.29, 1.82) is 0 Å². The molecule has 2 aromatic rings. The van der Waals surface area contributed by atoms with Crippen LogP contribution in [0.25, 0.3) is 0 Å². The number of fused-ring (bicyclic) bond motifs is 2. The molecule has 7 nitrogen and oxygen atoms in total. The lowest BCUT2D eigenvalue weighted by Gasteiger charge is -2.23. The molecule has 0 spiro atoms. The second-order valence-corrected chi connectivity index (χ2v) is 11.0. The number of unbranched alkanes of at least 4 members (excludes halogenated alkanes) is 1. The van der Waals surface area contributed by atoms with Crippen LogP contribution in [0.5, 0.6) is 0 Å². The Morgan fingerprint density at radius 3 is 2.90 bits per heavy atom.